The van der Waals surface area contributed by atoms with Crippen molar-refractivity contribution in [3.8, 4) is 5.88 Å². The number of aliphatic hydroxyl groups excluding tert-OH is 1. The van der Waals surface area contributed by atoms with Crippen molar-refractivity contribution in [2.24, 2.45) is 0 Å². The van der Waals surface area contributed by atoms with E-state index < -0.39 is 0 Å². The molecule has 0 amide bonds. The molecular formula is C8H14N4O2. The molecule has 0 saturated carbocycles. The van der Waals surface area contributed by atoms with E-state index in [0.29, 0.717) is 24.7 Å². The first-order chi connectivity index (χ1) is 6.76. The number of aliphatic hydroxyl groups is 1. The van der Waals surface area contributed by atoms with Crippen LogP contribution < -0.4 is 15.8 Å². The van der Waals surface area contributed by atoms with E-state index in [1.807, 2.05) is 0 Å². The number of ether oxygens (including phenoxy) is 1. The van der Waals surface area contributed by atoms with Gasteiger partial charge in [-0.15, -0.1) is 0 Å². The monoisotopic (exact) mass is 198 g/mol. The summed E-state index contributed by atoms with van der Waals surface area (Å²) in [5.41, 5.74) is 5.45. The minimum absolute atomic E-state index is 0.0967. The minimum Gasteiger partial charge on any atom is -0.477 e. The van der Waals surface area contributed by atoms with Crippen LogP contribution >= 0.6 is 0 Å². The molecule has 1 rings (SSSR count). The lowest BCUT2D eigenvalue weighted by Gasteiger charge is -2.06. The number of hydrogen-bond acceptors (Lipinski definition) is 6. The Morgan fingerprint density at radius 1 is 1.57 bits per heavy atom. The number of nitrogens with two attached hydrogens (primary N) is 1. The van der Waals surface area contributed by atoms with Crippen molar-refractivity contribution in [1.29, 1.82) is 0 Å². The smallest absolute Gasteiger partial charge is 0.225 e. The molecule has 6 nitrogen and oxygen atoms in total. The molecule has 0 radical (unpaired) electrons. The van der Waals surface area contributed by atoms with Crippen LogP contribution in [0.5, 0.6) is 5.88 Å². The standard InChI is InChI=1S/C8H14N4O2/c1-10-6-5-7(12-8(9)11-6)14-4-2-3-13/h5,13H,2-4H2,1H3,(H3,9,10,11,12). The maximum absolute atomic E-state index is 8.55. The summed E-state index contributed by atoms with van der Waals surface area (Å²) < 4.78 is 5.24. The molecule has 0 fully saturated rings. The molecule has 0 atom stereocenters. The zero-order chi connectivity index (χ0) is 10.4. The van der Waals surface area contributed by atoms with Crippen molar-refractivity contribution in [2.45, 2.75) is 6.42 Å². The third kappa shape index (κ3) is 3.06. The molecule has 0 aromatic carbocycles. The molecule has 78 valence electrons. The van der Waals surface area contributed by atoms with Crippen LogP contribution in [-0.4, -0.2) is 35.3 Å². The summed E-state index contributed by atoms with van der Waals surface area (Å²) in [7, 11) is 1.74. The van der Waals surface area contributed by atoms with Gasteiger partial charge in [0.1, 0.15) is 5.82 Å². The van der Waals surface area contributed by atoms with Crippen molar-refractivity contribution >= 4 is 11.8 Å². The Morgan fingerprint density at radius 2 is 2.36 bits per heavy atom. The molecule has 0 aliphatic heterocycles. The van der Waals surface area contributed by atoms with Crippen molar-refractivity contribution in [3.05, 3.63) is 6.07 Å². The first kappa shape index (κ1) is 10.5. The third-order valence-corrected chi connectivity index (χ3v) is 1.53. The molecule has 0 spiro atoms. The van der Waals surface area contributed by atoms with Gasteiger partial charge >= 0.3 is 0 Å². The number of nitrogen functional groups attached to an aromatic ring is 1. The second-order valence-electron chi connectivity index (χ2n) is 2.63. The van der Waals surface area contributed by atoms with E-state index in [-0.39, 0.29) is 12.6 Å². The van der Waals surface area contributed by atoms with Gasteiger partial charge in [0.05, 0.1) is 6.61 Å². The van der Waals surface area contributed by atoms with E-state index in [1.165, 1.54) is 0 Å². The summed E-state index contributed by atoms with van der Waals surface area (Å²) in [5.74, 6) is 1.18. The van der Waals surface area contributed by atoms with Gasteiger partial charge < -0.3 is 20.9 Å². The fourth-order valence-electron chi connectivity index (χ4n) is 0.886. The Labute approximate surface area is 82.1 Å². The maximum Gasteiger partial charge on any atom is 0.225 e. The van der Waals surface area contributed by atoms with E-state index in [2.05, 4.69) is 15.3 Å². The molecule has 6 heteroatoms. The Balaban J connectivity index is 2.62. The molecule has 1 aromatic heterocycles. The van der Waals surface area contributed by atoms with Crippen molar-refractivity contribution in [1.82, 2.24) is 9.97 Å². The van der Waals surface area contributed by atoms with Gasteiger partial charge in [0.25, 0.3) is 0 Å². The SMILES string of the molecule is CNc1cc(OCCCO)nc(N)n1. The van der Waals surface area contributed by atoms with Crippen LogP contribution in [0.15, 0.2) is 6.07 Å². The number of nitrogens with zero attached hydrogens (tertiary/aromatic N) is 2. The second kappa shape index (κ2) is 5.23. The maximum atomic E-state index is 8.55. The van der Waals surface area contributed by atoms with Crippen LogP contribution in [0.2, 0.25) is 0 Å². The third-order valence-electron chi connectivity index (χ3n) is 1.53. The molecule has 0 aliphatic carbocycles. The summed E-state index contributed by atoms with van der Waals surface area (Å²) >= 11 is 0. The van der Waals surface area contributed by atoms with E-state index in [9.17, 15) is 0 Å². The summed E-state index contributed by atoms with van der Waals surface area (Å²) in [6.07, 6.45) is 0.568. The van der Waals surface area contributed by atoms with E-state index >= 15 is 0 Å². The number of aromatic nitrogens is 2. The first-order valence-electron chi connectivity index (χ1n) is 4.32. The quantitative estimate of drug-likeness (QED) is 0.570. The van der Waals surface area contributed by atoms with Gasteiger partial charge in [-0.25, -0.2) is 0 Å². The zero-order valence-electron chi connectivity index (χ0n) is 8.03. The van der Waals surface area contributed by atoms with Gasteiger partial charge in [0, 0.05) is 26.1 Å². The minimum atomic E-state index is 0.0967. The van der Waals surface area contributed by atoms with E-state index in [4.69, 9.17) is 15.6 Å². The van der Waals surface area contributed by atoms with Crippen LogP contribution in [0.1, 0.15) is 6.42 Å². The van der Waals surface area contributed by atoms with Crippen molar-refractivity contribution in [3.63, 3.8) is 0 Å². The summed E-state index contributed by atoms with van der Waals surface area (Å²) in [6, 6.07) is 1.65. The predicted molar refractivity (Wildman–Crippen MR) is 53.2 cm³/mol. The van der Waals surface area contributed by atoms with Crippen LogP contribution in [0.25, 0.3) is 0 Å². The average Bonchev–Trinajstić information content (AvgIpc) is 2.17. The molecule has 0 bridgehead atoms. The van der Waals surface area contributed by atoms with Crippen LogP contribution in [0.3, 0.4) is 0 Å². The highest BCUT2D eigenvalue weighted by atomic mass is 16.5. The lowest BCUT2D eigenvalue weighted by molar-refractivity contribution is 0.229. The van der Waals surface area contributed by atoms with Gasteiger partial charge in [-0.1, -0.05) is 0 Å². The number of rotatable bonds is 5. The van der Waals surface area contributed by atoms with E-state index in [0.717, 1.165) is 0 Å². The van der Waals surface area contributed by atoms with E-state index in [1.54, 1.807) is 13.1 Å². The Kier molecular flexibility index (Phi) is 3.93. The topological polar surface area (TPSA) is 93.3 Å². The number of nitrogens with one attached hydrogen (secondary N) is 1. The first-order valence-corrected chi connectivity index (χ1v) is 4.32. The molecule has 14 heavy (non-hydrogen) atoms. The Hall–Kier alpha value is -1.56. The lowest BCUT2D eigenvalue weighted by Crippen LogP contribution is -2.05. The normalized spacial score (nSPS) is 9.86. The van der Waals surface area contributed by atoms with Crippen LogP contribution in [-0.2, 0) is 0 Å². The molecule has 1 heterocycles. The molecule has 0 unspecified atom stereocenters. The largest absolute Gasteiger partial charge is 0.477 e. The molecular weight excluding hydrogens is 184 g/mol. The molecule has 0 saturated heterocycles. The van der Waals surface area contributed by atoms with Gasteiger partial charge in [-0.2, -0.15) is 9.97 Å². The Bertz CT molecular complexity index is 293. The molecule has 1 aromatic rings. The number of anilines is 2. The summed E-state index contributed by atoms with van der Waals surface area (Å²) in [4.78, 5) is 7.78. The highest BCUT2D eigenvalue weighted by Crippen LogP contribution is 2.13. The zero-order valence-corrected chi connectivity index (χ0v) is 8.03. The molecule has 4 N–H and O–H groups in total. The highest BCUT2D eigenvalue weighted by Gasteiger charge is 2.01. The molecule has 0 aliphatic rings. The average molecular weight is 198 g/mol. The summed E-state index contributed by atoms with van der Waals surface area (Å²) in [6.45, 7) is 0.509. The van der Waals surface area contributed by atoms with Crippen molar-refractivity contribution in [2.75, 3.05) is 31.3 Å². The fraction of sp³-hybridized carbons (Fsp3) is 0.500. The van der Waals surface area contributed by atoms with Gasteiger partial charge in [-0.3, -0.25) is 0 Å². The van der Waals surface area contributed by atoms with Gasteiger partial charge in [-0.05, 0) is 0 Å². The fourth-order valence-corrected chi connectivity index (χ4v) is 0.886. The lowest BCUT2D eigenvalue weighted by atomic mass is 10.5. The van der Waals surface area contributed by atoms with Crippen LogP contribution in [0, 0.1) is 0 Å². The Morgan fingerprint density at radius 3 is 3.00 bits per heavy atom. The second-order valence-corrected chi connectivity index (χ2v) is 2.63. The number of hydrogen-bond donors (Lipinski definition) is 3. The highest BCUT2D eigenvalue weighted by molar-refractivity contribution is 5.41. The predicted octanol–water partition coefficient (Wildman–Crippen LogP) is -0.138. The summed E-state index contributed by atoms with van der Waals surface area (Å²) in [5, 5.41) is 11.4. The van der Waals surface area contributed by atoms with Crippen LogP contribution in [0.4, 0.5) is 11.8 Å². The van der Waals surface area contributed by atoms with Crippen molar-refractivity contribution < 1.29 is 9.84 Å². The van der Waals surface area contributed by atoms with Gasteiger partial charge in [0.2, 0.25) is 11.8 Å². The van der Waals surface area contributed by atoms with Gasteiger partial charge in [0.15, 0.2) is 0 Å².